The van der Waals surface area contributed by atoms with Crippen LogP contribution in [0.25, 0.3) is 0 Å². The van der Waals surface area contributed by atoms with Crippen molar-refractivity contribution in [2.45, 2.75) is 39.7 Å². The lowest BCUT2D eigenvalue weighted by Gasteiger charge is -2.22. The van der Waals surface area contributed by atoms with E-state index in [4.69, 9.17) is 5.73 Å². The van der Waals surface area contributed by atoms with Crippen LogP contribution in [0.4, 0.5) is 4.79 Å². The van der Waals surface area contributed by atoms with Gasteiger partial charge in [-0.05, 0) is 39.2 Å². The van der Waals surface area contributed by atoms with Crippen LogP contribution in [0, 0.1) is 5.41 Å². The van der Waals surface area contributed by atoms with Gasteiger partial charge in [0.15, 0.2) is 0 Å². The number of benzene rings is 1. The van der Waals surface area contributed by atoms with E-state index in [0.29, 0.717) is 0 Å². The van der Waals surface area contributed by atoms with E-state index in [1.807, 2.05) is 25.1 Å². The first-order chi connectivity index (χ1) is 9.81. The maximum atomic E-state index is 11.8. The van der Waals surface area contributed by atoms with E-state index >= 15 is 0 Å². The topological polar surface area (TPSA) is 84.2 Å². The molecule has 0 aliphatic rings. The van der Waals surface area contributed by atoms with Crippen LogP contribution in [0.5, 0.6) is 0 Å². The second kappa shape index (κ2) is 7.67. The molecular formula is C16H25N3O2. The Morgan fingerprint density at radius 1 is 1.24 bits per heavy atom. The molecule has 4 N–H and O–H groups in total. The molecule has 0 aromatic heterocycles. The number of nitrogens with two attached hydrogens (primary N) is 1. The molecule has 21 heavy (non-hydrogen) atoms. The molecule has 1 aromatic rings. The Balaban J connectivity index is 2.29. The zero-order chi connectivity index (χ0) is 15.9. The Labute approximate surface area is 126 Å². The normalized spacial score (nSPS) is 12.5. The number of rotatable bonds is 7. The van der Waals surface area contributed by atoms with Crippen LogP contribution in [-0.4, -0.2) is 24.5 Å². The lowest BCUT2D eigenvalue weighted by Crippen LogP contribution is -2.47. The molecule has 0 fully saturated rings. The Bertz CT molecular complexity index is 472. The fraction of sp³-hybridized carbons (Fsp3) is 0.500. The van der Waals surface area contributed by atoms with E-state index in [0.717, 1.165) is 12.8 Å². The highest BCUT2D eigenvalue weighted by Gasteiger charge is 2.25. The van der Waals surface area contributed by atoms with Crippen LogP contribution >= 0.6 is 0 Å². The summed E-state index contributed by atoms with van der Waals surface area (Å²) >= 11 is 0. The minimum Gasteiger partial charge on any atom is -0.369 e. The molecule has 0 saturated carbocycles. The highest BCUT2D eigenvalue weighted by molar-refractivity contribution is 5.81. The van der Waals surface area contributed by atoms with Crippen molar-refractivity contribution in [1.82, 2.24) is 10.6 Å². The predicted octanol–water partition coefficient (Wildman–Crippen LogP) is 1.82. The molecule has 5 heteroatoms. The molecule has 1 atom stereocenters. The minimum absolute atomic E-state index is 0.0573. The van der Waals surface area contributed by atoms with Gasteiger partial charge in [0.05, 0.1) is 5.41 Å². The van der Waals surface area contributed by atoms with Gasteiger partial charge in [0.1, 0.15) is 0 Å². The number of primary amides is 1. The van der Waals surface area contributed by atoms with E-state index < -0.39 is 11.3 Å². The smallest absolute Gasteiger partial charge is 0.315 e. The number of hydrogen-bond donors (Lipinski definition) is 3. The van der Waals surface area contributed by atoms with E-state index in [-0.39, 0.29) is 18.6 Å². The van der Waals surface area contributed by atoms with E-state index in [1.165, 1.54) is 5.56 Å². The third kappa shape index (κ3) is 6.29. The number of carbonyl (C=O) groups is 2. The van der Waals surface area contributed by atoms with Gasteiger partial charge in [-0.25, -0.2) is 4.79 Å². The van der Waals surface area contributed by atoms with Crippen molar-refractivity contribution >= 4 is 11.9 Å². The number of amides is 3. The van der Waals surface area contributed by atoms with Crippen molar-refractivity contribution in [3.05, 3.63) is 35.9 Å². The van der Waals surface area contributed by atoms with Gasteiger partial charge in [-0.2, -0.15) is 0 Å². The molecule has 5 nitrogen and oxygen atoms in total. The molecule has 0 radical (unpaired) electrons. The van der Waals surface area contributed by atoms with E-state index in [9.17, 15) is 9.59 Å². The standard InChI is InChI=1S/C16H25N3O2/c1-12(9-10-13-7-5-4-6-8-13)19-15(21)18-11-16(2,3)14(17)20/h4-8,12H,9-11H2,1-3H3,(H2,17,20)(H2,18,19,21)/t12-/m0/s1. The van der Waals surface area contributed by atoms with Crippen molar-refractivity contribution in [2.24, 2.45) is 11.1 Å². The van der Waals surface area contributed by atoms with Crippen molar-refractivity contribution in [2.75, 3.05) is 6.54 Å². The fourth-order valence-corrected chi connectivity index (χ4v) is 1.76. The molecule has 116 valence electrons. The zero-order valence-corrected chi connectivity index (χ0v) is 13.0. The van der Waals surface area contributed by atoms with Crippen molar-refractivity contribution in [1.29, 1.82) is 0 Å². The summed E-state index contributed by atoms with van der Waals surface area (Å²) in [6.07, 6.45) is 1.77. The Hall–Kier alpha value is -2.04. The maximum absolute atomic E-state index is 11.8. The summed E-state index contributed by atoms with van der Waals surface area (Å²) in [4.78, 5) is 22.9. The highest BCUT2D eigenvalue weighted by atomic mass is 16.2. The van der Waals surface area contributed by atoms with Gasteiger partial charge in [0.2, 0.25) is 5.91 Å². The largest absolute Gasteiger partial charge is 0.369 e. The maximum Gasteiger partial charge on any atom is 0.315 e. The summed E-state index contributed by atoms with van der Waals surface area (Å²) in [7, 11) is 0. The first-order valence-corrected chi connectivity index (χ1v) is 7.19. The molecule has 0 heterocycles. The van der Waals surface area contributed by atoms with E-state index in [1.54, 1.807) is 13.8 Å². The first-order valence-electron chi connectivity index (χ1n) is 7.19. The molecule has 0 unspecified atom stereocenters. The molecule has 0 aliphatic heterocycles. The second-order valence-electron chi connectivity index (χ2n) is 6.00. The van der Waals surface area contributed by atoms with Gasteiger partial charge in [-0.15, -0.1) is 0 Å². The van der Waals surface area contributed by atoms with Crippen LogP contribution in [-0.2, 0) is 11.2 Å². The van der Waals surface area contributed by atoms with Crippen LogP contribution < -0.4 is 16.4 Å². The van der Waals surface area contributed by atoms with E-state index in [2.05, 4.69) is 22.8 Å². The molecule has 3 amide bonds. The summed E-state index contributed by atoms with van der Waals surface area (Å²) in [6, 6.07) is 9.92. The quantitative estimate of drug-likeness (QED) is 0.716. The predicted molar refractivity (Wildman–Crippen MR) is 83.7 cm³/mol. The summed E-state index contributed by atoms with van der Waals surface area (Å²) in [5, 5.41) is 5.54. The molecule has 0 bridgehead atoms. The number of hydrogen-bond acceptors (Lipinski definition) is 2. The third-order valence-electron chi connectivity index (χ3n) is 3.44. The average Bonchev–Trinajstić information content (AvgIpc) is 2.44. The van der Waals surface area contributed by atoms with Crippen LogP contribution in [0.3, 0.4) is 0 Å². The number of urea groups is 1. The van der Waals surface area contributed by atoms with Crippen molar-refractivity contribution in [3.63, 3.8) is 0 Å². The summed E-state index contributed by atoms with van der Waals surface area (Å²) in [6.45, 7) is 5.59. The summed E-state index contributed by atoms with van der Waals surface area (Å²) < 4.78 is 0. The number of aryl methyl sites for hydroxylation is 1. The summed E-state index contributed by atoms with van der Waals surface area (Å²) in [5.74, 6) is -0.431. The Morgan fingerprint density at radius 2 is 1.86 bits per heavy atom. The lowest BCUT2D eigenvalue weighted by atomic mass is 9.93. The molecule has 0 aliphatic carbocycles. The molecule has 0 spiro atoms. The van der Waals surface area contributed by atoms with Gasteiger partial charge >= 0.3 is 6.03 Å². The third-order valence-corrected chi connectivity index (χ3v) is 3.44. The van der Waals surface area contributed by atoms with Crippen LogP contribution in [0.2, 0.25) is 0 Å². The Morgan fingerprint density at radius 3 is 2.43 bits per heavy atom. The molecular weight excluding hydrogens is 266 g/mol. The summed E-state index contributed by atoms with van der Waals surface area (Å²) in [5.41, 5.74) is 5.77. The zero-order valence-electron chi connectivity index (χ0n) is 13.0. The SMILES string of the molecule is C[C@@H](CCc1ccccc1)NC(=O)NCC(C)(C)C(N)=O. The van der Waals surface area contributed by atoms with Gasteiger partial charge in [0, 0.05) is 12.6 Å². The monoisotopic (exact) mass is 291 g/mol. The average molecular weight is 291 g/mol. The second-order valence-corrected chi connectivity index (χ2v) is 6.00. The van der Waals surface area contributed by atoms with Gasteiger partial charge in [0.25, 0.3) is 0 Å². The van der Waals surface area contributed by atoms with Gasteiger partial charge in [-0.1, -0.05) is 30.3 Å². The van der Waals surface area contributed by atoms with Crippen molar-refractivity contribution < 1.29 is 9.59 Å². The van der Waals surface area contributed by atoms with Crippen LogP contribution in [0.15, 0.2) is 30.3 Å². The van der Waals surface area contributed by atoms with Gasteiger partial charge in [-0.3, -0.25) is 4.79 Å². The van der Waals surface area contributed by atoms with Crippen molar-refractivity contribution in [3.8, 4) is 0 Å². The highest BCUT2D eigenvalue weighted by Crippen LogP contribution is 2.11. The van der Waals surface area contributed by atoms with Crippen LogP contribution in [0.1, 0.15) is 32.8 Å². The minimum atomic E-state index is -0.745. The first kappa shape index (κ1) is 17.0. The molecule has 1 rings (SSSR count). The van der Waals surface area contributed by atoms with Gasteiger partial charge < -0.3 is 16.4 Å². The molecule has 1 aromatic carbocycles. The number of carbonyl (C=O) groups excluding carboxylic acids is 2. The fourth-order valence-electron chi connectivity index (χ4n) is 1.76. The molecule has 0 saturated heterocycles. The Kier molecular flexibility index (Phi) is 6.21. The lowest BCUT2D eigenvalue weighted by molar-refractivity contribution is -0.125. The number of nitrogens with one attached hydrogen (secondary N) is 2.